The highest BCUT2D eigenvalue weighted by molar-refractivity contribution is 5.57. The Balaban J connectivity index is 1.56. The lowest BCUT2D eigenvalue weighted by Crippen LogP contribution is -2.43. The van der Waals surface area contributed by atoms with E-state index in [9.17, 15) is 4.39 Å². The van der Waals surface area contributed by atoms with Gasteiger partial charge in [-0.1, -0.05) is 103 Å². The van der Waals surface area contributed by atoms with Gasteiger partial charge in [-0.15, -0.1) is 0 Å². The van der Waals surface area contributed by atoms with E-state index in [0.29, 0.717) is 5.69 Å². The predicted octanol–water partition coefficient (Wildman–Crippen LogP) is 9.82. The molecule has 2 aromatic carbocycles. The van der Waals surface area contributed by atoms with Gasteiger partial charge < -0.3 is 14.4 Å². The van der Waals surface area contributed by atoms with Crippen molar-refractivity contribution in [3.8, 4) is 11.5 Å². The van der Waals surface area contributed by atoms with Gasteiger partial charge in [-0.2, -0.15) is 0 Å². The molecule has 0 saturated carbocycles. The maximum absolute atomic E-state index is 15.0. The summed E-state index contributed by atoms with van der Waals surface area (Å²) < 4.78 is 26.2. The van der Waals surface area contributed by atoms with Crippen LogP contribution >= 0.6 is 0 Å². The minimum atomic E-state index is -0.145. The Labute approximate surface area is 225 Å². The van der Waals surface area contributed by atoms with Gasteiger partial charge in [0.15, 0.2) is 11.5 Å². The van der Waals surface area contributed by atoms with E-state index < -0.39 is 0 Å². The molecule has 0 N–H and O–H groups in total. The van der Waals surface area contributed by atoms with E-state index in [1.54, 1.807) is 26.4 Å². The highest BCUT2D eigenvalue weighted by Crippen LogP contribution is 2.44. The number of ether oxygens (including phenoxy) is 2. The first-order chi connectivity index (χ1) is 18.1. The molecule has 0 bridgehead atoms. The Bertz CT molecular complexity index is 931. The van der Waals surface area contributed by atoms with Crippen molar-refractivity contribution in [2.24, 2.45) is 0 Å². The molecule has 3 nitrogen and oxygen atoms in total. The second-order valence-corrected chi connectivity index (χ2v) is 10.9. The molecule has 3 rings (SSSR count). The quantitative estimate of drug-likeness (QED) is 0.197. The molecule has 2 atom stereocenters. The number of rotatable bonds is 17. The maximum Gasteiger partial charge on any atom is 0.161 e. The van der Waals surface area contributed by atoms with Crippen LogP contribution in [-0.2, 0) is 6.42 Å². The second-order valence-electron chi connectivity index (χ2n) is 10.9. The highest BCUT2D eigenvalue weighted by atomic mass is 19.1. The van der Waals surface area contributed by atoms with Crippen LogP contribution in [0.1, 0.15) is 121 Å². The largest absolute Gasteiger partial charge is 0.493 e. The van der Waals surface area contributed by atoms with Crippen molar-refractivity contribution in [3.63, 3.8) is 0 Å². The van der Waals surface area contributed by atoms with Crippen LogP contribution in [0.15, 0.2) is 36.4 Å². The minimum Gasteiger partial charge on any atom is -0.493 e. The van der Waals surface area contributed by atoms with Gasteiger partial charge >= 0.3 is 0 Å². The number of halogens is 1. The molecule has 0 saturated heterocycles. The van der Waals surface area contributed by atoms with Crippen molar-refractivity contribution >= 4 is 5.69 Å². The zero-order chi connectivity index (χ0) is 26.5. The molecule has 0 aromatic heterocycles. The molecule has 0 aliphatic carbocycles. The average Bonchev–Trinajstić information content (AvgIpc) is 2.91. The smallest absolute Gasteiger partial charge is 0.161 e. The molecule has 206 valence electrons. The van der Waals surface area contributed by atoms with Crippen LogP contribution in [0, 0.1) is 5.82 Å². The van der Waals surface area contributed by atoms with Gasteiger partial charge in [0, 0.05) is 6.04 Å². The van der Waals surface area contributed by atoms with Gasteiger partial charge in [0.05, 0.1) is 25.9 Å². The fraction of sp³-hybridized carbons (Fsp3) is 0.636. The van der Waals surface area contributed by atoms with Gasteiger partial charge in [-0.3, -0.25) is 0 Å². The highest BCUT2D eigenvalue weighted by Gasteiger charge is 2.34. The normalized spacial score (nSPS) is 17.1. The molecular weight excluding hydrogens is 461 g/mol. The molecular formula is C33H50FNO2. The van der Waals surface area contributed by atoms with E-state index >= 15 is 0 Å². The number of hydrogen-bond acceptors (Lipinski definition) is 3. The summed E-state index contributed by atoms with van der Waals surface area (Å²) in [6.07, 6.45) is 19.4. The second kappa shape index (κ2) is 15.9. The van der Waals surface area contributed by atoms with Gasteiger partial charge in [-0.05, 0) is 55.2 Å². The van der Waals surface area contributed by atoms with Crippen LogP contribution < -0.4 is 14.4 Å². The fourth-order valence-corrected chi connectivity index (χ4v) is 6.01. The van der Waals surface area contributed by atoms with Crippen molar-refractivity contribution < 1.29 is 13.9 Å². The lowest BCUT2D eigenvalue weighted by molar-refractivity contribution is 0.351. The lowest BCUT2D eigenvalue weighted by atomic mass is 9.85. The molecule has 1 heterocycles. The number of unbranched alkanes of at least 4 members (excludes halogenated alkanes) is 12. The summed E-state index contributed by atoms with van der Waals surface area (Å²) in [5, 5.41) is 0. The summed E-state index contributed by atoms with van der Waals surface area (Å²) in [5.41, 5.74) is 3.24. The molecule has 2 unspecified atom stereocenters. The fourth-order valence-electron chi connectivity index (χ4n) is 6.01. The Morgan fingerprint density at radius 2 is 1.32 bits per heavy atom. The molecule has 4 heteroatoms. The molecule has 0 amide bonds. The van der Waals surface area contributed by atoms with Gasteiger partial charge in [0.2, 0.25) is 0 Å². The monoisotopic (exact) mass is 511 g/mol. The van der Waals surface area contributed by atoms with Crippen molar-refractivity contribution in [2.75, 3.05) is 19.1 Å². The van der Waals surface area contributed by atoms with Crippen LogP contribution in [0.3, 0.4) is 0 Å². The SMILES string of the molecule is CCCCCCCCCCCCCCCC1c2cc(OC)c(OC)cc2CC(C)N1c1ccccc1F. The third-order valence-corrected chi connectivity index (χ3v) is 8.04. The van der Waals surface area contributed by atoms with Crippen molar-refractivity contribution in [1.82, 2.24) is 0 Å². The zero-order valence-corrected chi connectivity index (χ0v) is 23.9. The van der Waals surface area contributed by atoms with Crippen molar-refractivity contribution in [2.45, 2.75) is 122 Å². The Kier molecular flexibility index (Phi) is 12.6. The van der Waals surface area contributed by atoms with E-state index in [0.717, 1.165) is 30.8 Å². The number of anilines is 1. The summed E-state index contributed by atoms with van der Waals surface area (Å²) in [4.78, 5) is 2.31. The van der Waals surface area contributed by atoms with E-state index in [1.807, 2.05) is 12.1 Å². The van der Waals surface area contributed by atoms with E-state index in [4.69, 9.17) is 9.47 Å². The molecule has 0 fully saturated rings. The van der Waals surface area contributed by atoms with Crippen LogP contribution in [0.4, 0.5) is 10.1 Å². The van der Waals surface area contributed by atoms with Crippen LogP contribution in [0.25, 0.3) is 0 Å². The summed E-state index contributed by atoms with van der Waals surface area (Å²) in [5.74, 6) is 1.38. The molecule has 0 spiro atoms. The summed E-state index contributed by atoms with van der Waals surface area (Å²) in [6.45, 7) is 4.49. The number of benzene rings is 2. The third kappa shape index (κ3) is 8.38. The van der Waals surface area contributed by atoms with Crippen LogP contribution in [0.2, 0.25) is 0 Å². The minimum absolute atomic E-state index is 0.128. The first-order valence-corrected chi connectivity index (χ1v) is 14.9. The van der Waals surface area contributed by atoms with Crippen molar-refractivity contribution in [3.05, 3.63) is 53.3 Å². The molecule has 1 aliphatic heterocycles. The predicted molar refractivity (Wildman–Crippen MR) is 155 cm³/mol. The van der Waals surface area contributed by atoms with Crippen molar-refractivity contribution in [1.29, 1.82) is 0 Å². The van der Waals surface area contributed by atoms with E-state index in [-0.39, 0.29) is 17.9 Å². The first-order valence-electron chi connectivity index (χ1n) is 14.9. The summed E-state index contributed by atoms with van der Waals surface area (Å²) in [7, 11) is 3.37. The number of para-hydroxylation sites is 1. The van der Waals surface area contributed by atoms with Crippen LogP contribution in [-0.4, -0.2) is 20.3 Å². The van der Waals surface area contributed by atoms with Gasteiger partial charge in [0.25, 0.3) is 0 Å². The lowest BCUT2D eigenvalue weighted by Gasteiger charge is -2.44. The first kappa shape index (κ1) is 29.3. The Morgan fingerprint density at radius 3 is 1.89 bits per heavy atom. The van der Waals surface area contributed by atoms with E-state index in [1.165, 1.54) is 88.2 Å². The maximum atomic E-state index is 15.0. The molecule has 0 radical (unpaired) electrons. The topological polar surface area (TPSA) is 21.7 Å². The van der Waals surface area contributed by atoms with Crippen LogP contribution in [0.5, 0.6) is 11.5 Å². The number of nitrogens with zero attached hydrogens (tertiary/aromatic N) is 1. The summed E-state index contributed by atoms with van der Waals surface area (Å²) in [6, 6.07) is 11.8. The molecule has 1 aliphatic rings. The average molecular weight is 512 g/mol. The molecule has 2 aromatic rings. The zero-order valence-electron chi connectivity index (χ0n) is 23.9. The standard InChI is InChI=1S/C33H50FNO2/c1-5-6-7-8-9-10-11-12-13-14-15-16-17-21-30-28-25-33(37-4)32(36-3)24-27(28)23-26(2)35(30)31-22-19-18-20-29(31)34/h18-20,22,24-26,30H,5-17,21,23H2,1-4H3. The Hall–Kier alpha value is -2.23. The Morgan fingerprint density at radius 1 is 0.784 bits per heavy atom. The number of methoxy groups -OCH3 is 2. The van der Waals surface area contributed by atoms with Gasteiger partial charge in [0.1, 0.15) is 5.82 Å². The molecule has 37 heavy (non-hydrogen) atoms. The van der Waals surface area contributed by atoms with Gasteiger partial charge in [-0.25, -0.2) is 4.39 Å². The van der Waals surface area contributed by atoms with E-state index in [2.05, 4.69) is 30.9 Å². The number of hydrogen-bond donors (Lipinski definition) is 0. The number of fused-ring (bicyclic) bond motifs is 1. The third-order valence-electron chi connectivity index (χ3n) is 8.04. The summed E-state index contributed by atoms with van der Waals surface area (Å²) >= 11 is 0.